The lowest BCUT2D eigenvalue weighted by atomic mass is 10.1. The number of carbonyl (C=O) groups excluding carboxylic acids is 1. The van der Waals surface area contributed by atoms with E-state index >= 15 is 0 Å². The van der Waals surface area contributed by atoms with E-state index in [1.165, 1.54) is 10.7 Å². The maximum Gasteiger partial charge on any atom is 0.276 e. The molecule has 0 aliphatic rings. The molecule has 132 valence electrons. The van der Waals surface area contributed by atoms with Crippen LogP contribution in [0.25, 0.3) is 5.69 Å². The third kappa shape index (κ3) is 3.65. The smallest absolute Gasteiger partial charge is 0.276 e. The number of aromatic nitrogens is 3. The Bertz CT molecular complexity index is 1000. The van der Waals surface area contributed by atoms with Gasteiger partial charge in [0.2, 0.25) is 5.43 Å². The monoisotopic (exact) mass is 368 g/mol. The van der Waals surface area contributed by atoms with Crippen LogP contribution < -0.4 is 10.7 Å². The molecule has 0 aliphatic carbocycles. The van der Waals surface area contributed by atoms with Crippen LogP contribution in [0.5, 0.6) is 0 Å². The van der Waals surface area contributed by atoms with E-state index < -0.39 is 11.3 Å². The van der Waals surface area contributed by atoms with Gasteiger partial charge in [-0.05, 0) is 37.6 Å². The fourth-order valence-electron chi connectivity index (χ4n) is 2.55. The predicted molar refractivity (Wildman–Crippen MR) is 99.7 cm³/mol. The predicted octanol–water partition coefficient (Wildman–Crippen LogP) is 3.08. The highest BCUT2D eigenvalue weighted by Crippen LogP contribution is 2.20. The molecule has 3 aromatic rings. The van der Waals surface area contributed by atoms with Crippen molar-refractivity contribution in [3.63, 3.8) is 0 Å². The molecule has 2 heterocycles. The van der Waals surface area contributed by atoms with Gasteiger partial charge in [0, 0.05) is 24.2 Å². The lowest BCUT2D eigenvalue weighted by molar-refractivity contribution is 0.0932. The molecule has 7 heteroatoms. The molecule has 0 spiro atoms. The van der Waals surface area contributed by atoms with Crippen LogP contribution >= 0.6 is 11.6 Å². The minimum atomic E-state index is -0.549. The Balaban J connectivity index is 1.95. The van der Waals surface area contributed by atoms with Gasteiger partial charge in [-0.3, -0.25) is 14.6 Å². The summed E-state index contributed by atoms with van der Waals surface area (Å²) in [6.07, 6.45) is 3.32. The largest absolute Gasteiger partial charge is 0.344 e. The maximum atomic E-state index is 12.6. The van der Waals surface area contributed by atoms with Crippen molar-refractivity contribution in [1.29, 1.82) is 0 Å². The quantitative estimate of drug-likeness (QED) is 0.767. The second-order valence-electron chi connectivity index (χ2n) is 5.84. The molecule has 1 N–H and O–H groups in total. The molecule has 1 atom stereocenters. The van der Waals surface area contributed by atoms with Crippen LogP contribution in [0.1, 0.15) is 34.7 Å². The van der Waals surface area contributed by atoms with Crippen molar-refractivity contribution in [2.24, 2.45) is 0 Å². The van der Waals surface area contributed by atoms with Gasteiger partial charge in [-0.1, -0.05) is 29.8 Å². The second-order valence-corrected chi connectivity index (χ2v) is 6.25. The Kier molecular flexibility index (Phi) is 5.14. The van der Waals surface area contributed by atoms with E-state index in [0.717, 1.165) is 5.56 Å². The number of hydrogen-bond donors (Lipinski definition) is 1. The summed E-state index contributed by atoms with van der Waals surface area (Å²) in [6, 6.07) is 11.8. The standard InChI is InChI=1S/C19H17ClN4O2/c1-12-10-17(25)18(23-24(12)16-8-4-3-7-15(16)20)19(26)22-13(2)14-6-5-9-21-11-14/h3-11,13H,1-2H3,(H,22,26). The SMILES string of the molecule is Cc1cc(=O)c(C(=O)NC(C)c2cccnc2)nn1-c1ccccc1Cl. The zero-order chi connectivity index (χ0) is 18.7. The molecule has 0 saturated heterocycles. The number of nitrogens with zero attached hydrogens (tertiary/aromatic N) is 3. The number of benzene rings is 1. The van der Waals surface area contributed by atoms with Crippen LogP contribution in [-0.4, -0.2) is 20.7 Å². The second kappa shape index (κ2) is 7.49. The maximum absolute atomic E-state index is 12.6. The van der Waals surface area contributed by atoms with Gasteiger partial charge in [0.25, 0.3) is 5.91 Å². The average molecular weight is 369 g/mol. The number of nitrogens with one attached hydrogen (secondary N) is 1. The van der Waals surface area contributed by atoms with Gasteiger partial charge >= 0.3 is 0 Å². The average Bonchev–Trinajstić information content (AvgIpc) is 2.63. The Morgan fingerprint density at radius 1 is 1.23 bits per heavy atom. The van der Waals surface area contributed by atoms with Crippen LogP contribution in [0.4, 0.5) is 0 Å². The van der Waals surface area contributed by atoms with E-state index in [-0.39, 0.29) is 11.7 Å². The van der Waals surface area contributed by atoms with E-state index in [1.807, 2.05) is 19.1 Å². The van der Waals surface area contributed by atoms with Gasteiger partial charge in [0.15, 0.2) is 5.69 Å². The summed E-state index contributed by atoms with van der Waals surface area (Å²) < 4.78 is 1.49. The minimum Gasteiger partial charge on any atom is -0.344 e. The zero-order valence-electron chi connectivity index (χ0n) is 14.3. The topological polar surface area (TPSA) is 76.9 Å². The van der Waals surface area contributed by atoms with Crippen molar-refractivity contribution in [3.8, 4) is 5.69 Å². The van der Waals surface area contributed by atoms with Gasteiger partial charge in [0.1, 0.15) is 0 Å². The molecule has 1 aromatic carbocycles. The molecule has 2 aromatic heterocycles. The highest BCUT2D eigenvalue weighted by atomic mass is 35.5. The molecule has 0 bridgehead atoms. The first kappa shape index (κ1) is 17.8. The lowest BCUT2D eigenvalue weighted by Gasteiger charge is -2.15. The van der Waals surface area contributed by atoms with Gasteiger partial charge in [-0.2, -0.15) is 5.10 Å². The summed E-state index contributed by atoms with van der Waals surface area (Å²) in [7, 11) is 0. The van der Waals surface area contributed by atoms with E-state index in [0.29, 0.717) is 16.4 Å². The third-order valence-corrected chi connectivity index (χ3v) is 4.25. The number of halogens is 1. The number of para-hydroxylation sites is 1. The fourth-order valence-corrected chi connectivity index (χ4v) is 2.77. The van der Waals surface area contributed by atoms with Gasteiger partial charge in [-0.25, -0.2) is 4.68 Å². The van der Waals surface area contributed by atoms with E-state index in [4.69, 9.17) is 11.6 Å². The van der Waals surface area contributed by atoms with Gasteiger partial charge in [-0.15, -0.1) is 0 Å². The highest BCUT2D eigenvalue weighted by molar-refractivity contribution is 6.32. The molecule has 1 unspecified atom stereocenters. The van der Waals surface area contributed by atoms with Gasteiger partial charge < -0.3 is 5.32 Å². The molecule has 3 rings (SSSR count). The summed E-state index contributed by atoms with van der Waals surface area (Å²) in [4.78, 5) is 28.9. The Morgan fingerprint density at radius 2 is 2.00 bits per heavy atom. The van der Waals surface area contributed by atoms with Crippen molar-refractivity contribution in [2.45, 2.75) is 19.9 Å². The number of amides is 1. The summed E-state index contributed by atoms with van der Waals surface area (Å²) in [5, 5.41) is 7.49. The van der Waals surface area contributed by atoms with Crippen molar-refractivity contribution < 1.29 is 4.79 Å². The number of carbonyl (C=O) groups is 1. The number of pyridine rings is 1. The number of aryl methyl sites for hydroxylation is 1. The molecular weight excluding hydrogens is 352 g/mol. The molecule has 26 heavy (non-hydrogen) atoms. The molecule has 0 aliphatic heterocycles. The van der Waals surface area contributed by atoms with Crippen LogP contribution in [0.15, 0.2) is 59.7 Å². The first-order valence-corrected chi connectivity index (χ1v) is 8.42. The first-order chi connectivity index (χ1) is 12.5. The number of hydrogen-bond acceptors (Lipinski definition) is 4. The van der Waals surface area contributed by atoms with Crippen molar-refractivity contribution >= 4 is 17.5 Å². The molecule has 1 amide bonds. The van der Waals surface area contributed by atoms with Gasteiger partial charge in [0.05, 0.1) is 16.8 Å². The van der Waals surface area contributed by atoms with Crippen molar-refractivity contribution in [2.75, 3.05) is 0 Å². The molecular formula is C19H17ClN4O2. The van der Waals surface area contributed by atoms with E-state index in [1.54, 1.807) is 43.6 Å². The number of rotatable bonds is 4. The molecule has 0 fully saturated rings. The first-order valence-electron chi connectivity index (χ1n) is 8.04. The lowest BCUT2D eigenvalue weighted by Crippen LogP contribution is -2.33. The summed E-state index contributed by atoms with van der Waals surface area (Å²) >= 11 is 6.22. The van der Waals surface area contributed by atoms with Crippen LogP contribution in [0.3, 0.4) is 0 Å². The zero-order valence-corrected chi connectivity index (χ0v) is 15.1. The van der Waals surface area contributed by atoms with Crippen LogP contribution in [-0.2, 0) is 0 Å². The summed E-state index contributed by atoms with van der Waals surface area (Å²) in [5.74, 6) is -0.549. The summed E-state index contributed by atoms with van der Waals surface area (Å²) in [6.45, 7) is 3.55. The Morgan fingerprint density at radius 3 is 2.69 bits per heavy atom. The van der Waals surface area contributed by atoms with Crippen LogP contribution in [0, 0.1) is 6.92 Å². The molecule has 0 saturated carbocycles. The fraction of sp³-hybridized carbons (Fsp3) is 0.158. The van der Waals surface area contributed by atoms with Crippen LogP contribution in [0.2, 0.25) is 5.02 Å². The minimum absolute atomic E-state index is 0.189. The van der Waals surface area contributed by atoms with E-state index in [2.05, 4.69) is 15.4 Å². The molecule has 6 nitrogen and oxygen atoms in total. The third-order valence-electron chi connectivity index (χ3n) is 3.94. The summed E-state index contributed by atoms with van der Waals surface area (Å²) in [5.41, 5.74) is 1.38. The van der Waals surface area contributed by atoms with E-state index in [9.17, 15) is 9.59 Å². The highest BCUT2D eigenvalue weighted by Gasteiger charge is 2.18. The molecule has 0 radical (unpaired) electrons. The Hall–Kier alpha value is -2.99. The normalized spacial score (nSPS) is 11.8. The van der Waals surface area contributed by atoms with Crippen molar-refractivity contribution in [3.05, 3.63) is 87.1 Å². The van der Waals surface area contributed by atoms with Crippen molar-refractivity contribution in [1.82, 2.24) is 20.1 Å². The Labute approximate surface area is 155 Å².